The Morgan fingerprint density at radius 2 is 1.02 bits per heavy atom. The van der Waals surface area contributed by atoms with Gasteiger partial charge in [-0.15, -0.1) is 0 Å². The summed E-state index contributed by atoms with van der Waals surface area (Å²) in [5, 5.41) is 13.8. The number of quaternary nitrogens is 1. The fraction of sp³-hybridized carbons (Fsp3) is 0.974. The normalized spacial score (nSPS) is 14.6. The molecule has 2 N–H and O–H groups in total. The summed E-state index contributed by atoms with van der Waals surface area (Å²) in [6.07, 6.45) is 32.4. The van der Waals surface area contributed by atoms with Crippen molar-refractivity contribution in [2.45, 2.75) is 206 Å². The number of rotatable bonds is 37. The average molecular weight is 705 g/mol. The first-order chi connectivity index (χ1) is 23.0. The molecule has 8 nitrogen and oxygen atoms in total. The minimum atomic E-state index is -4.55. The van der Waals surface area contributed by atoms with Gasteiger partial charge in [0.25, 0.3) is 7.82 Å². The maximum absolute atomic E-state index is 12.8. The molecule has 0 heterocycles. The minimum absolute atomic E-state index is 0.0157. The first-order valence-corrected chi connectivity index (χ1v) is 21.8. The Labute approximate surface area is 298 Å². The zero-order valence-corrected chi connectivity index (χ0v) is 33.4. The Morgan fingerprint density at radius 3 is 1.42 bits per heavy atom. The summed E-state index contributed by atoms with van der Waals surface area (Å²) in [4.78, 5) is 25.2. The molecule has 48 heavy (non-hydrogen) atoms. The molecule has 0 aromatic carbocycles. The van der Waals surface area contributed by atoms with Crippen LogP contribution >= 0.6 is 7.82 Å². The average Bonchev–Trinajstić information content (AvgIpc) is 3.02. The van der Waals surface area contributed by atoms with E-state index < -0.39 is 20.0 Å². The maximum atomic E-state index is 12.8. The highest BCUT2D eigenvalue weighted by Crippen LogP contribution is 2.38. The van der Waals surface area contributed by atoms with E-state index in [0.717, 1.165) is 38.5 Å². The van der Waals surface area contributed by atoms with Crippen LogP contribution in [0.4, 0.5) is 0 Å². The predicted octanol–water partition coefficient (Wildman–Crippen LogP) is 10.0. The van der Waals surface area contributed by atoms with E-state index in [9.17, 15) is 19.4 Å². The minimum Gasteiger partial charge on any atom is -0.756 e. The molecule has 9 heteroatoms. The van der Waals surface area contributed by atoms with Crippen LogP contribution in [0.5, 0.6) is 0 Å². The van der Waals surface area contributed by atoms with Gasteiger partial charge in [-0.2, -0.15) is 0 Å². The first-order valence-electron chi connectivity index (χ1n) is 20.4. The van der Waals surface area contributed by atoms with Gasteiger partial charge in [0.2, 0.25) is 5.91 Å². The van der Waals surface area contributed by atoms with Crippen LogP contribution in [-0.4, -0.2) is 68.5 Å². The molecule has 0 rings (SSSR count). The number of carbonyl (C=O) groups is 1. The molecule has 0 aromatic heterocycles. The zero-order chi connectivity index (χ0) is 35.8. The van der Waals surface area contributed by atoms with Gasteiger partial charge in [-0.1, -0.05) is 174 Å². The molecular formula is C39H81N2O6P. The van der Waals surface area contributed by atoms with Crippen LogP contribution in [-0.2, 0) is 18.4 Å². The number of unbranched alkanes of at least 4 members (excludes halogenated alkanes) is 24. The summed E-state index contributed by atoms with van der Waals surface area (Å²) in [5.74, 6) is -0.164. The second kappa shape index (κ2) is 32.4. The van der Waals surface area contributed by atoms with Gasteiger partial charge in [0.1, 0.15) is 13.2 Å². The summed E-state index contributed by atoms with van der Waals surface area (Å²) in [5.41, 5.74) is 0. The molecule has 0 aliphatic rings. The Morgan fingerprint density at radius 1 is 0.646 bits per heavy atom. The van der Waals surface area contributed by atoms with Crippen LogP contribution in [0.1, 0.15) is 194 Å². The molecule has 0 spiro atoms. The van der Waals surface area contributed by atoms with Crippen molar-refractivity contribution in [3.8, 4) is 0 Å². The lowest BCUT2D eigenvalue weighted by molar-refractivity contribution is -0.870. The lowest BCUT2D eigenvalue weighted by Gasteiger charge is -2.30. The van der Waals surface area contributed by atoms with Crippen LogP contribution in [0.2, 0.25) is 0 Å². The lowest BCUT2D eigenvalue weighted by Crippen LogP contribution is -2.46. The summed E-state index contributed by atoms with van der Waals surface area (Å²) >= 11 is 0. The Bertz CT molecular complexity index is 763. The number of likely N-dealkylation sites (N-methyl/N-ethyl adjacent to an activating group) is 1. The largest absolute Gasteiger partial charge is 0.756 e. The topological polar surface area (TPSA) is 108 Å². The number of carbonyl (C=O) groups excluding carboxylic acids is 1. The van der Waals surface area contributed by atoms with Crippen molar-refractivity contribution < 1.29 is 32.9 Å². The molecule has 0 fully saturated rings. The SMILES string of the molecule is CCCCCCCCCCCCCCCCCC(=O)N[C@@H](COP(=O)([O-])OCC[N+](C)(C)C)[C@H](O)CCCCCCCCCCCCC. The van der Waals surface area contributed by atoms with Gasteiger partial charge < -0.3 is 28.8 Å². The maximum Gasteiger partial charge on any atom is 0.268 e. The number of hydrogen-bond donors (Lipinski definition) is 2. The zero-order valence-electron chi connectivity index (χ0n) is 32.5. The molecule has 0 aliphatic carbocycles. The van der Waals surface area contributed by atoms with Gasteiger partial charge >= 0.3 is 0 Å². The van der Waals surface area contributed by atoms with Crippen molar-refractivity contribution >= 4 is 13.7 Å². The van der Waals surface area contributed by atoms with Crippen molar-refractivity contribution in [3.05, 3.63) is 0 Å². The van der Waals surface area contributed by atoms with Gasteiger partial charge in [0.05, 0.1) is 39.9 Å². The fourth-order valence-corrected chi connectivity index (χ4v) is 6.76. The molecule has 1 amide bonds. The third kappa shape index (κ3) is 34.0. The smallest absolute Gasteiger partial charge is 0.268 e. The van der Waals surface area contributed by atoms with Crippen molar-refractivity contribution in [3.63, 3.8) is 0 Å². The van der Waals surface area contributed by atoms with Gasteiger partial charge in [-0.05, 0) is 12.8 Å². The number of amides is 1. The van der Waals surface area contributed by atoms with E-state index in [1.807, 2.05) is 21.1 Å². The second-order valence-corrected chi connectivity index (χ2v) is 16.8. The second-order valence-electron chi connectivity index (χ2n) is 15.4. The Balaban J connectivity index is 4.38. The molecule has 1 unspecified atom stereocenters. The van der Waals surface area contributed by atoms with E-state index in [0.29, 0.717) is 23.9 Å². The Kier molecular flexibility index (Phi) is 32.1. The van der Waals surface area contributed by atoms with E-state index in [4.69, 9.17) is 9.05 Å². The van der Waals surface area contributed by atoms with Crippen molar-refractivity contribution in [2.75, 3.05) is 40.9 Å². The first kappa shape index (κ1) is 47.5. The highest BCUT2D eigenvalue weighted by molar-refractivity contribution is 7.45. The van der Waals surface area contributed by atoms with Crippen molar-refractivity contribution in [2.24, 2.45) is 0 Å². The highest BCUT2D eigenvalue weighted by Gasteiger charge is 2.24. The van der Waals surface area contributed by atoms with Gasteiger partial charge in [-0.3, -0.25) is 9.36 Å². The quantitative estimate of drug-likeness (QED) is 0.0379. The molecule has 0 aromatic rings. The number of nitrogens with one attached hydrogen (secondary N) is 1. The molecule has 3 atom stereocenters. The van der Waals surface area contributed by atoms with E-state index in [1.165, 1.54) is 128 Å². The summed E-state index contributed by atoms with van der Waals surface area (Å²) in [6, 6.07) is -0.791. The molecule has 288 valence electrons. The predicted molar refractivity (Wildman–Crippen MR) is 201 cm³/mol. The van der Waals surface area contributed by atoms with Gasteiger partial charge in [0.15, 0.2) is 0 Å². The summed E-state index contributed by atoms with van der Waals surface area (Å²) in [6.45, 7) is 4.71. The van der Waals surface area contributed by atoms with Crippen LogP contribution in [0.15, 0.2) is 0 Å². The number of phosphoric acid groups is 1. The Hall–Kier alpha value is -0.500. The number of hydrogen-bond acceptors (Lipinski definition) is 6. The van der Waals surface area contributed by atoms with Crippen LogP contribution < -0.4 is 10.2 Å². The van der Waals surface area contributed by atoms with Crippen molar-refractivity contribution in [1.82, 2.24) is 5.32 Å². The highest BCUT2D eigenvalue weighted by atomic mass is 31.2. The van der Waals surface area contributed by atoms with Crippen LogP contribution in [0.25, 0.3) is 0 Å². The standard InChI is InChI=1S/C39H81N2O6P/c1-6-8-10-12-14-16-18-19-20-21-23-25-27-29-31-33-39(43)40-37(36-47-48(44,45)46-35-34-41(3,4)5)38(42)32-30-28-26-24-22-17-15-13-11-9-7-2/h37-38,42H,6-36H2,1-5H3,(H-,40,43,44,45)/t37-,38+/m0/s1. The molecule has 0 bridgehead atoms. The summed E-state index contributed by atoms with van der Waals surface area (Å²) < 4.78 is 23.2. The monoisotopic (exact) mass is 705 g/mol. The van der Waals surface area contributed by atoms with E-state index in [1.54, 1.807) is 0 Å². The number of aliphatic hydroxyl groups is 1. The summed E-state index contributed by atoms with van der Waals surface area (Å²) in [7, 11) is 1.31. The lowest BCUT2D eigenvalue weighted by atomic mass is 10.0. The van der Waals surface area contributed by atoms with E-state index in [-0.39, 0.29) is 19.1 Å². The third-order valence-electron chi connectivity index (χ3n) is 9.35. The van der Waals surface area contributed by atoms with E-state index in [2.05, 4.69) is 19.2 Å². The molecular weight excluding hydrogens is 623 g/mol. The van der Waals surface area contributed by atoms with Gasteiger partial charge in [-0.25, -0.2) is 0 Å². The molecule has 0 saturated heterocycles. The number of nitrogens with zero attached hydrogens (tertiary/aromatic N) is 1. The number of aliphatic hydroxyl groups excluding tert-OH is 1. The number of phosphoric ester groups is 1. The third-order valence-corrected chi connectivity index (χ3v) is 10.3. The van der Waals surface area contributed by atoms with Crippen molar-refractivity contribution in [1.29, 1.82) is 0 Å². The molecule has 0 aliphatic heterocycles. The molecule has 0 saturated carbocycles. The molecule has 0 radical (unpaired) electrons. The fourth-order valence-electron chi connectivity index (χ4n) is 6.04. The van der Waals surface area contributed by atoms with Gasteiger partial charge in [0, 0.05) is 6.42 Å². The van der Waals surface area contributed by atoms with Crippen LogP contribution in [0, 0.1) is 0 Å². The van der Waals surface area contributed by atoms with E-state index >= 15 is 0 Å². The van der Waals surface area contributed by atoms with Crippen LogP contribution in [0.3, 0.4) is 0 Å².